The highest BCUT2D eigenvalue weighted by atomic mass is 79.9. The molecule has 0 bridgehead atoms. The van der Waals surface area contributed by atoms with Crippen molar-refractivity contribution in [2.24, 2.45) is 5.73 Å². The molecular formula is C11H10BrClN2O4. The van der Waals surface area contributed by atoms with E-state index in [4.69, 9.17) is 22.1 Å². The average molecular weight is 350 g/mol. The zero-order chi connectivity index (χ0) is 14.6. The summed E-state index contributed by atoms with van der Waals surface area (Å²) in [6, 6.07) is 3.61. The number of primary amides is 1. The van der Waals surface area contributed by atoms with E-state index in [2.05, 4.69) is 15.9 Å². The lowest BCUT2D eigenvalue weighted by molar-refractivity contribution is -0.127. The summed E-state index contributed by atoms with van der Waals surface area (Å²) in [6.07, 6.45) is -1.17. The van der Waals surface area contributed by atoms with E-state index < -0.39 is 24.0 Å². The van der Waals surface area contributed by atoms with Crippen molar-refractivity contribution in [2.75, 3.05) is 0 Å². The Morgan fingerprint density at radius 1 is 1.42 bits per heavy atom. The summed E-state index contributed by atoms with van der Waals surface area (Å²) in [5.41, 5.74) is 4.88. The lowest BCUT2D eigenvalue weighted by Gasteiger charge is -2.12. The van der Waals surface area contributed by atoms with Crippen LogP contribution >= 0.6 is 27.5 Å². The van der Waals surface area contributed by atoms with Gasteiger partial charge in [-0.2, -0.15) is 0 Å². The number of urea groups is 1. The van der Waals surface area contributed by atoms with Crippen molar-refractivity contribution in [2.45, 2.75) is 13.0 Å². The van der Waals surface area contributed by atoms with Gasteiger partial charge in [-0.05, 0) is 25.1 Å². The van der Waals surface area contributed by atoms with Gasteiger partial charge >= 0.3 is 12.0 Å². The van der Waals surface area contributed by atoms with E-state index in [1.54, 1.807) is 11.4 Å². The summed E-state index contributed by atoms with van der Waals surface area (Å²) in [5, 5.41) is 2.00. The molecule has 0 unspecified atom stereocenters. The molecule has 1 aromatic rings. The predicted molar refractivity (Wildman–Crippen MR) is 71.8 cm³/mol. The fourth-order valence-corrected chi connectivity index (χ4v) is 1.71. The second-order valence-corrected chi connectivity index (χ2v) is 4.85. The molecule has 8 heteroatoms. The summed E-state index contributed by atoms with van der Waals surface area (Å²) in [7, 11) is 0. The van der Waals surface area contributed by atoms with Crippen LogP contribution in [-0.4, -0.2) is 24.0 Å². The molecule has 0 saturated carbocycles. The van der Waals surface area contributed by atoms with Crippen LogP contribution in [0.25, 0.3) is 0 Å². The molecule has 0 fully saturated rings. The summed E-state index contributed by atoms with van der Waals surface area (Å²) in [5.74, 6) is -1.59. The normalized spacial score (nSPS) is 11.5. The summed E-state index contributed by atoms with van der Waals surface area (Å²) in [4.78, 5) is 33.6. The molecule has 0 aliphatic carbocycles. The molecule has 0 aliphatic heterocycles. The summed E-state index contributed by atoms with van der Waals surface area (Å²) in [6.45, 7) is 1.31. The smallest absolute Gasteiger partial charge is 0.340 e. The van der Waals surface area contributed by atoms with Crippen molar-refractivity contribution in [3.63, 3.8) is 0 Å². The number of nitrogens with one attached hydrogen (secondary N) is 1. The molecule has 3 amide bonds. The maximum atomic E-state index is 11.8. The molecule has 1 rings (SSSR count). The fourth-order valence-electron chi connectivity index (χ4n) is 1.15. The zero-order valence-corrected chi connectivity index (χ0v) is 12.1. The zero-order valence-electron chi connectivity index (χ0n) is 9.78. The van der Waals surface area contributed by atoms with Crippen molar-refractivity contribution in [3.05, 3.63) is 33.3 Å². The van der Waals surface area contributed by atoms with Crippen molar-refractivity contribution < 1.29 is 19.1 Å². The van der Waals surface area contributed by atoms with Crippen LogP contribution < -0.4 is 11.1 Å². The largest absolute Gasteiger partial charge is 0.449 e. The van der Waals surface area contributed by atoms with E-state index in [1.165, 1.54) is 19.1 Å². The molecule has 0 aromatic heterocycles. The lowest BCUT2D eigenvalue weighted by atomic mass is 10.2. The number of ether oxygens (including phenoxy) is 1. The van der Waals surface area contributed by atoms with Crippen LogP contribution in [0.1, 0.15) is 17.3 Å². The Morgan fingerprint density at radius 3 is 2.63 bits per heavy atom. The lowest BCUT2D eigenvalue weighted by Crippen LogP contribution is -2.42. The fraction of sp³-hybridized carbons (Fsp3) is 0.182. The topological polar surface area (TPSA) is 98.5 Å². The van der Waals surface area contributed by atoms with Crippen LogP contribution in [0.2, 0.25) is 5.02 Å². The van der Waals surface area contributed by atoms with Crippen molar-refractivity contribution >= 4 is 45.4 Å². The highest BCUT2D eigenvalue weighted by molar-refractivity contribution is 9.10. The molecule has 1 atom stereocenters. The minimum atomic E-state index is -1.17. The van der Waals surface area contributed by atoms with Gasteiger partial charge in [-0.3, -0.25) is 10.1 Å². The number of imide groups is 1. The summed E-state index contributed by atoms with van der Waals surface area (Å²) < 4.78 is 5.51. The van der Waals surface area contributed by atoms with Gasteiger partial charge in [-0.15, -0.1) is 0 Å². The van der Waals surface area contributed by atoms with E-state index >= 15 is 0 Å². The molecule has 3 N–H and O–H groups in total. The number of hydrogen-bond acceptors (Lipinski definition) is 4. The average Bonchev–Trinajstić information content (AvgIpc) is 2.31. The standard InChI is InChI=1S/C11H10BrClN2O4/c1-5(9(16)15-11(14)18)19-10(17)7-4-6(12)2-3-8(7)13/h2-5H,1H3,(H3,14,15,16,18)/t5-/m0/s1. The third-order valence-corrected chi connectivity index (χ3v) is 2.87. The number of carbonyl (C=O) groups excluding carboxylic acids is 3. The first-order valence-corrected chi connectivity index (χ1v) is 6.24. The Bertz CT molecular complexity index is 535. The molecule has 1 aromatic carbocycles. The number of hydrogen-bond donors (Lipinski definition) is 2. The number of benzene rings is 1. The quantitative estimate of drug-likeness (QED) is 0.813. The number of rotatable bonds is 3. The molecule has 6 nitrogen and oxygen atoms in total. The Morgan fingerprint density at radius 2 is 2.05 bits per heavy atom. The van der Waals surface area contributed by atoms with Crippen LogP contribution in [-0.2, 0) is 9.53 Å². The number of carbonyl (C=O) groups is 3. The first kappa shape index (κ1) is 15.5. The van der Waals surface area contributed by atoms with Crippen molar-refractivity contribution in [3.8, 4) is 0 Å². The molecule has 0 saturated heterocycles. The van der Waals surface area contributed by atoms with Gasteiger partial charge in [0.05, 0.1) is 10.6 Å². The van der Waals surface area contributed by atoms with E-state index in [0.717, 1.165) is 0 Å². The van der Waals surface area contributed by atoms with Crippen LogP contribution in [0.5, 0.6) is 0 Å². The predicted octanol–water partition coefficient (Wildman–Crippen LogP) is 1.84. The molecule has 0 heterocycles. The maximum Gasteiger partial charge on any atom is 0.340 e. The molecular weight excluding hydrogens is 339 g/mol. The van der Waals surface area contributed by atoms with E-state index in [0.29, 0.717) is 4.47 Å². The first-order valence-electron chi connectivity index (χ1n) is 5.07. The van der Waals surface area contributed by atoms with Gasteiger partial charge in [-0.1, -0.05) is 27.5 Å². The van der Waals surface area contributed by atoms with E-state index in [9.17, 15) is 14.4 Å². The van der Waals surface area contributed by atoms with Gasteiger partial charge in [0.15, 0.2) is 6.10 Å². The van der Waals surface area contributed by atoms with Crippen LogP contribution in [0, 0.1) is 0 Å². The maximum absolute atomic E-state index is 11.8. The Hall–Kier alpha value is -1.60. The van der Waals surface area contributed by atoms with Crippen LogP contribution in [0.15, 0.2) is 22.7 Å². The molecule has 0 spiro atoms. The highest BCUT2D eigenvalue weighted by Gasteiger charge is 2.21. The van der Waals surface area contributed by atoms with Gasteiger partial charge in [0.1, 0.15) is 0 Å². The van der Waals surface area contributed by atoms with Gasteiger partial charge < -0.3 is 10.5 Å². The third kappa shape index (κ3) is 4.53. The third-order valence-electron chi connectivity index (χ3n) is 2.05. The molecule has 0 radical (unpaired) electrons. The van der Waals surface area contributed by atoms with Crippen LogP contribution in [0.4, 0.5) is 4.79 Å². The number of halogens is 2. The Kier molecular flexibility index (Phi) is 5.31. The second-order valence-electron chi connectivity index (χ2n) is 3.53. The van der Waals surface area contributed by atoms with Gasteiger partial charge in [0.2, 0.25) is 0 Å². The molecule has 102 valence electrons. The second kappa shape index (κ2) is 6.53. The Balaban J connectivity index is 2.77. The van der Waals surface area contributed by atoms with Gasteiger partial charge in [0, 0.05) is 4.47 Å². The number of amides is 3. The van der Waals surface area contributed by atoms with Crippen molar-refractivity contribution in [1.82, 2.24) is 5.32 Å². The molecule has 0 aliphatic rings. The van der Waals surface area contributed by atoms with Crippen molar-refractivity contribution in [1.29, 1.82) is 0 Å². The monoisotopic (exact) mass is 348 g/mol. The SMILES string of the molecule is C[C@H](OC(=O)c1cc(Br)ccc1Cl)C(=O)NC(N)=O. The first-order chi connectivity index (χ1) is 8.81. The molecule has 19 heavy (non-hydrogen) atoms. The summed E-state index contributed by atoms with van der Waals surface area (Å²) >= 11 is 9.03. The van der Waals surface area contributed by atoms with E-state index in [1.807, 2.05) is 0 Å². The minimum absolute atomic E-state index is 0.106. The van der Waals surface area contributed by atoms with Gasteiger partial charge in [0.25, 0.3) is 5.91 Å². The van der Waals surface area contributed by atoms with E-state index in [-0.39, 0.29) is 10.6 Å². The number of nitrogens with two attached hydrogens (primary N) is 1. The highest BCUT2D eigenvalue weighted by Crippen LogP contribution is 2.22. The van der Waals surface area contributed by atoms with Crippen LogP contribution in [0.3, 0.4) is 0 Å². The van der Waals surface area contributed by atoms with Gasteiger partial charge in [-0.25, -0.2) is 9.59 Å². The Labute approximate surface area is 122 Å². The minimum Gasteiger partial charge on any atom is -0.449 e. The number of esters is 1.